The van der Waals surface area contributed by atoms with Crippen LogP contribution in [0.3, 0.4) is 0 Å². The van der Waals surface area contributed by atoms with E-state index in [1.165, 1.54) is 99.7 Å². The maximum Gasteiger partial charge on any atom is 0.129 e. The van der Waals surface area contributed by atoms with Gasteiger partial charge in [-0.25, -0.2) is 0 Å². The molecule has 1 N–H and O–H groups in total. The van der Waals surface area contributed by atoms with Crippen LogP contribution < -0.4 is 5.32 Å². The van der Waals surface area contributed by atoms with Gasteiger partial charge in [0.25, 0.3) is 0 Å². The van der Waals surface area contributed by atoms with Crippen LogP contribution in [0, 0.1) is 0 Å². The maximum atomic E-state index is 4.67. The first-order valence-electron chi connectivity index (χ1n) is 11.9. The summed E-state index contributed by atoms with van der Waals surface area (Å²) >= 11 is 2.00. The molecule has 2 nitrogen and oxygen atoms in total. The molecule has 0 saturated carbocycles. The van der Waals surface area contributed by atoms with Gasteiger partial charge in [-0.05, 0) is 24.7 Å². The van der Waals surface area contributed by atoms with Gasteiger partial charge in [0, 0.05) is 23.5 Å². The monoisotopic (exact) mass is 482 g/mol. The predicted molar refractivity (Wildman–Crippen MR) is 137 cm³/mol. The summed E-state index contributed by atoms with van der Waals surface area (Å²) in [6, 6.07) is 8.74. The van der Waals surface area contributed by atoms with Crippen molar-refractivity contribution in [2.24, 2.45) is 4.99 Å². The van der Waals surface area contributed by atoms with Crippen molar-refractivity contribution in [3.63, 3.8) is 0 Å². The van der Waals surface area contributed by atoms with E-state index in [4.69, 9.17) is 0 Å². The summed E-state index contributed by atoms with van der Waals surface area (Å²) in [5, 5.41) is 3.46. The third-order valence-corrected chi connectivity index (χ3v) is 6.70. The highest BCUT2D eigenvalue weighted by Crippen LogP contribution is 2.25. The molecule has 0 saturated heterocycles. The first-order valence-corrected chi connectivity index (χ1v) is 12.9. The lowest BCUT2D eigenvalue weighted by Crippen LogP contribution is -2.30. The third kappa shape index (κ3) is 12.1. The second-order valence-electron chi connectivity index (χ2n) is 8.10. The number of halogens is 1. The molecule has 166 valence electrons. The minimum atomic E-state index is 0. The molecule has 0 amide bonds. The number of nitrogens with zero attached hydrogens (tertiary/aromatic N) is 1. The topological polar surface area (TPSA) is 24.4 Å². The van der Waals surface area contributed by atoms with E-state index in [2.05, 4.69) is 41.5 Å². The zero-order valence-electron chi connectivity index (χ0n) is 18.6. The summed E-state index contributed by atoms with van der Waals surface area (Å²) in [5.41, 5.74) is 1.29. The van der Waals surface area contributed by atoms with Gasteiger partial charge in [0.2, 0.25) is 0 Å². The molecule has 0 aromatic heterocycles. The van der Waals surface area contributed by atoms with Gasteiger partial charge in [-0.15, -0.1) is 28.7 Å². The summed E-state index contributed by atoms with van der Waals surface area (Å²) in [7, 11) is 0. The van der Waals surface area contributed by atoms with Gasteiger partial charge in [0.15, 0.2) is 0 Å². The Kier molecular flexibility index (Phi) is 16.8. The number of amidine groups is 1. The van der Waals surface area contributed by atoms with E-state index in [1.54, 1.807) is 0 Å². The Morgan fingerprint density at radius 1 is 0.828 bits per heavy atom. The number of aliphatic imine (C=N–C) groups is 1. The van der Waals surface area contributed by atoms with Gasteiger partial charge in [0.05, 0.1) is 0 Å². The quantitative estimate of drug-likeness (QED) is 0.189. The molecule has 0 bridgehead atoms. The lowest BCUT2D eigenvalue weighted by molar-refractivity contribution is 0.543. The molecule has 0 unspecified atom stereocenters. The van der Waals surface area contributed by atoms with Gasteiger partial charge in [0.1, 0.15) is 5.84 Å². The van der Waals surface area contributed by atoms with Crippen molar-refractivity contribution >= 4 is 34.6 Å². The van der Waals surface area contributed by atoms with Gasteiger partial charge >= 0.3 is 0 Å². The lowest BCUT2D eigenvalue weighted by atomic mass is 10.1. The van der Waals surface area contributed by atoms with Crippen molar-refractivity contribution in [1.82, 2.24) is 5.32 Å². The summed E-state index contributed by atoms with van der Waals surface area (Å²) in [5.74, 6) is 2.32. The van der Waals surface area contributed by atoms with Crippen LogP contribution in [0.1, 0.15) is 102 Å². The highest BCUT2D eigenvalue weighted by Gasteiger charge is 2.11. The van der Waals surface area contributed by atoms with Gasteiger partial charge in [-0.3, -0.25) is 4.99 Å². The van der Waals surface area contributed by atoms with Crippen LogP contribution >= 0.6 is 28.7 Å². The Bertz CT molecular complexity index is 547. The van der Waals surface area contributed by atoms with Crippen LogP contribution in [0.15, 0.2) is 34.2 Å². The van der Waals surface area contributed by atoms with E-state index in [-0.39, 0.29) is 17.0 Å². The van der Waals surface area contributed by atoms with Crippen molar-refractivity contribution < 1.29 is 0 Å². The van der Waals surface area contributed by atoms with Gasteiger partial charge in [-0.2, -0.15) is 0 Å². The highest BCUT2D eigenvalue weighted by molar-refractivity contribution is 8.93. The standard InChI is InChI=1S/C25H42N2S.BrH/c1-2-3-4-5-6-7-8-9-10-11-12-13-16-22-28-24-19-15-14-18-23(24)25-26-20-17-21-27-25;/h14-15,18-19H,2-13,16-17,20-22H2,1H3,(H,26,27);1H. The van der Waals surface area contributed by atoms with Crippen LogP contribution in [0.2, 0.25) is 0 Å². The minimum Gasteiger partial charge on any atom is -0.370 e. The van der Waals surface area contributed by atoms with Crippen molar-refractivity contribution in [3.8, 4) is 0 Å². The number of benzene rings is 1. The predicted octanol–water partition coefficient (Wildman–Crippen LogP) is 8.19. The molecule has 1 aliphatic rings. The number of rotatable bonds is 16. The minimum absolute atomic E-state index is 0. The lowest BCUT2D eigenvalue weighted by Gasteiger charge is -2.17. The Balaban J connectivity index is 0.00000420. The van der Waals surface area contributed by atoms with E-state index in [0.717, 1.165) is 25.3 Å². The van der Waals surface area contributed by atoms with Crippen LogP contribution in [-0.4, -0.2) is 24.7 Å². The first kappa shape index (κ1) is 26.6. The van der Waals surface area contributed by atoms with E-state index < -0.39 is 0 Å². The van der Waals surface area contributed by atoms with E-state index in [1.807, 2.05) is 11.8 Å². The third-order valence-electron chi connectivity index (χ3n) is 5.54. The smallest absolute Gasteiger partial charge is 0.129 e. The maximum absolute atomic E-state index is 4.67. The summed E-state index contributed by atoms with van der Waals surface area (Å²) in [6.45, 7) is 4.30. The van der Waals surface area contributed by atoms with Crippen LogP contribution in [0.5, 0.6) is 0 Å². The average Bonchev–Trinajstić information content (AvgIpc) is 2.75. The second-order valence-corrected chi connectivity index (χ2v) is 9.23. The fourth-order valence-corrected chi connectivity index (χ4v) is 4.87. The largest absolute Gasteiger partial charge is 0.370 e. The van der Waals surface area contributed by atoms with Crippen LogP contribution in [-0.2, 0) is 0 Å². The number of nitrogens with one attached hydrogen (secondary N) is 1. The van der Waals surface area contributed by atoms with E-state index in [0.29, 0.717) is 0 Å². The van der Waals surface area contributed by atoms with Crippen molar-refractivity contribution in [2.75, 3.05) is 18.8 Å². The second kappa shape index (κ2) is 18.3. The fourth-order valence-electron chi connectivity index (χ4n) is 3.80. The summed E-state index contributed by atoms with van der Waals surface area (Å²) in [4.78, 5) is 6.05. The fraction of sp³-hybridized carbons (Fsp3) is 0.720. The molecule has 1 heterocycles. The van der Waals surface area contributed by atoms with Gasteiger partial charge < -0.3 is 5.32 Å². The van der Waals surface area contributed by atoms with Crippen molar-refractivity contribution in [1.29, 1.82) is 0 Å². The van der Waals surface area contributed by atoms with E-state index >= 15 is 0 Å². The average molecular weight is 484 g/mol. The molecule has 1 aromatic rings. The number of thioether (sulfide) groups is 1. The molecule has 2 rings (SSSR count). The SMILES string of the molecule is Br.CCCCCCCCCCCCCCCSc1ccccc1C1=NCCCN1. The molecular formula is C25H43BrN2S. The first-order chi connectivity index (χ1) is 13.9. The zero-order chi connectivity index (χ0) is 19.7. The molecule has 0 fully saturated rings. The molecule has 4 heteroatoms. The Labute approximate surface area is 194 Å². The summed E-state index contributed by atoms with van der Waals surface area (Å²) < 4.78 is 0. The van der Waals surface area contributed by atoms with Crippen molar-refractivity contribution in [3.05, 3.63) is 29.8 Å². The van der Waals surface area contributed by atoms with Crippen LogP contribution in [0.25, 0.3) is 0 Å². The van der Waals surface area contributed by atoms with E-state index in [9.17, 15) is 0 Å². The molecule has 29 heavy (non-hydrogen) atoms. The molecule has 0 spiro atoms. The molecule has 1 aromatic carbocycles. The molecule has 0 atom stereocenters. The molecule has 1 aliphatic heterocycles. The van der Waals surface area contributed by atoms with Crippen LogP contribution in [0.4, 0.5) is 0 Å². The number of unbranched alkanes of at least 4 members (excludes halogenated alkanes) is 12. The van der Waals surface area contributed by atoms with Crippen molar-refractivity contribution in [2.45, 2.75) is 102 Å². The summed E-state index contributed by atoms with van der Waals surface area (Å²) in [6.07, 6.45) is 19.7. The number of hydrogen-bond acceptors (Lipinski definition) is 3. The Hall–Kier alpha value is -0.480. The molecular weight excluding hydrogens is 440 g/mol. The zero-order valence-corrected chi connectivity index (χ0v) is 21.1. The number of hydrogen-bond donors (Lipinski definition) is 1. The Morgan fingerprint density at radius 3 is 2.00 bits per heavy atom. The Morgan fingerprint density at radius 2 is 1.41 bits per heavy atom. The highest BCUT2D eigenvalue weighted by atomic mass is 79.9. The van der Waals surface area contributed by atoms with Gasteiger partial charge in [-0.1, -0.05) is 102 Å². The molecule has 0 radical (unpaired) electrons. The normalized spacial score (nSPS) is 13.5. The molecule has 0 aliphatic carbocycles.